The van der Waals surface area contributed by atoms with E-state index in [4.69, 9.17) is 21.1 Å². The fraction of sp³-hybridized carbons (Fsp3) is 0.316. The van der Waals surface area contributed by atoms with Gasteiger partial charge in [0.15, 0.2) is 11.5 Å². The molecule has 0 bridgehead atoms. The van der Waals surface area contributed by atoms with Crippen LogP contribution >= 0.6 is 11.6 Å². The zero-order valence-corrected chi connectivity index (χ0v) is 29.3. The van der Waals surface area contributed by atoms with Gasteiger partial charge in [-0.1, -0.05) is 91.5 Å². The van der Waals surface area contributed by atoms with E-state index in [9.17, 15) is 18.0 Å². The molecule has 4 aromatic carbocycles. The third kappa shape index (κ3) is 9.13. The maximum atomic E-state index is 14.8. The average Bonchev–Trinajstić information content (AvgIpc) is 3.12. The SMILES string of the molecule is COc1ccc(N(CC(=O)N(Cc2cccc(Cl)c2)C(Cc2ccccc2)C(=O)NC2CCCCC2)S(=O)(=O)c2ccccc2)cc1OC. The molecule has 1 atom stereocenters. The highest BCUT2D eigenvalue weighted by atomic mass is 35.5. The standard InChI is InChI=1S/C38H42ClN3O6S/c1-47-35-22-21-32(25-36(35)48-2)42(49(45,46)33-19-10-5-11-20-33)27-37(43)41(26-29-15-12-16-30(39)23-29)34(24-28-13-6-3-7-14-28)38(44)40-31-17-8-4-9-18-31/h3,5-7,10-16,19-23,25,31,34H,4,8-9,17-18,24,26-27H2,1-2H3,(H,40,44). The van der Waals surface area contributed by atoms with Gasteiger partial charge in [0.1, 0.15) is 12.6 Å². The van der Waals surface area contributed by atoms with Crippen molar-refractivity contribution in [2.75, 3.05) is 25.1 Å². The van der Waals surface area contributed by atoms with Crippen molar-refractivity contribution in [1.29, 1.82) is 0 Å². The molecule has 1 saturated carbocycles. The molecule has 0 aromatic heterocycles. The molecule has 258 valence electrons. The molecule has 1 unspecified atom stereocenters. The van der Waals surface area contributed by atoms with E-state index in [1.807, 2.05) is 36.4 Å². The smallest absolute Gasteiger partial charge is 0.264 e. The van der Waals surface area contributed by atoms with E-state index in [0.29, 0.717) is 22.1 Å². The van der Waals surface area contributed by atoms with Crippen molar-refractivity contribution < 1.29 is 27.5 Å². The first kappa shape index (κ1) is 35.8. The summed E-state index contributed by atoms with van der Waals surface area (Å²) in [5.41, 5.74) is 1.76. The van der Waals surface area contributed by atoms with Gasteiger partial charge in [-0.15, -0.1) is 0 Å². The minimum absolute atomic E-state index is 0.00404. The molecule has 0 heterocycles. The number of nitrogens with zero attached hydrogens (tertiary/aromatic N) is 2. The van der Waals surface area contributed by atoms with Gasteiger partial charge in [0, 0.05) is 30.1 Å². The summed E-state index contributed by atoms with van der Waals surface area (Å²) in [6.07, 6.45) is 5.14. The van der Waals surface area contributed by atoms with E-state index in [1.54, 1.807) is 48.5 Å². The fourth-order valence-electron chi connectivity index (χ4n) is 6.16. The van der Waals surface area contributed by atoms with Crippen LogP contribution in [0, 0.1) is 0 Å². The van der Waals surface area contributed by atoms with Crippen LogP contribution in [0.4, 0.5) is 5.69 Å². The number of ether oxygens (including phenoxy) is 2. The van der Waals surface area contributed by atoms with Gasteiger partial charge in [-0.2, -0.15) is 0 Å². The Morgan fingerprint density at radius 1 is 0.816 bits per heavy atom. The molecule has 0 spiro atoms. The lowest BCUT2D eigenvalue weighted by Gasteiger charge is -2.35. The van der Waals surface area contributed by atoms with Gasteiger partial charge < -0.3 is 19.7 Å². The van der Waals surface area contributed by atoms with E-state index in [-0.39, 0.29) is 35.5 Å². The molecular weight excluding hydrogens is 662 g/mol. The maximum Gasteiger partial charge on any atom is 0.264 e. The van der Waals surface area contributed by atoms with E-state index in [1.165, 1.54) is 37.3 Å². The summed E-state index contributed by atoms with van der Waals surface area (Å²) in [7, 11) is -1.33. The highest BCUT2D eigenvalue weighted by Crippen LogP contribution is 2.34. The number of hydrogen-bond acceptors (Lipinski definition) is 6. The van der Waals surface area contributed by atoms with E-state index in [0.717, 1.165) is 42.0 Å². The summed E-state index contributed by atoms with van der Waals surface area (Å²) in [6.45, 7) is -0.560. The number of amides is 2. The van der Waals surface area contributed by atoms with Gasteiger partial charge in [-0.05, 0) is 60.4 Å². The summed E-state index contributed by atoms with van der Waals surface area (Å²) < 4.78 is 40.5. The van der Waals surface area contributed by atoms with Gasteiger partial charge in [0.25, 0.3) is 10.0 Å². The van der Waals surface area contributed by atoms with E-state index in [2.05, 4.69) is 5.32 Å². The number of benzene rings is 4. The van der Waals surface area contributed by atoms with Gasteiger partial charge >= 0.3 is 0 Å². The Morgan fingerprint density at radius 2 is 1.47 bits per heavy atom. The Labute approximate surface area is 293 Å². The summed E-state index contributed by atoms with van der Waals surface area (Å²) in [6, 6.07) is 28.3. The van der Waals surface area contributed by atoms with Crippen LogP contribution in [0.15, 0.2) is 108 Å². The molecular formula is C38H42ClN3O6S. The second-order valence-electron chi connectivity index (χ2n) is 12.1. The average molecular weight is 704 g/mol. The third-order valence-electron chi connectivity index (χ3n) is 8.73. The van der Waals surface area contributed by atoms with Crippen LogP contribution in [0.25, 0.3) is 0 Å². The highest BCUT2D eigenvalue weighted by molar-refractivity contribution is 7.92. The molecule has 1 N–H and O–H groups in total. The molecule has 1 fully saturated rings. The zero-order valence-electron chi connectivity index (χ0n) is 27.8. The molecule has 11 heteroatoms. The third-order valence-corrected chi connectivity index (χ3v) is 10.8. The van der Waals surface area contributed by atoms with E-state index < -0.39 is 28.5 Å². The number of anilines is 1. The topological polar surface area (TPSA) is 105 Å². The van der Waals surface area contributed by atoms with Crippen LogP contribution in [0.1, 0.15) is 43.2 Å². The molecule has 0 aliphatic heterocycles. The first-order chi connectivity index (χ1) is 23.7. The van der Waals surface area contributed by atoms with Crippen LogP contribution in [-0.2, 0) is 32.6 Å². The summed E-state index contributed by atoms with van der Waals surface area (Å²) in [4.78, 5) is 30.5. The predicted octanol–water partition coefficient (Wildman–Crippen LogP) is 6.64. The van der Waals surface area contributed by atoms with Crippen molar-refractivity contribution in [2.45, 2.75) is 62.0 Å². The Hall–Kier alpha value is -4.54. The lowest BCUT2D eigenvalue weighted by Crippen LogP contribution is -2.55. The van der Waals surface area contributed by atoms with Gasteiger partial charge in [0.05, 0.1) is 24.8 Å². The molecule has 2 amide bonds. The number of hydrogen-bond donors (Lipinski definition) is 1. The lowest BCUT2D eigenvalue weighted by atomic mass is 9.94. The zero-order chi connectivity index (χ0) is 34.8. The summed E-state index contributed by atoms with van der Waals surface area (Å²) >= 11 is 6.36. The molecule has 0 radical (unpaired) electrons. The van der Waals surface area contributed by atoms with Crippen LogP contribution in [-0.4, -0.2) is 58.0 Å². The van der Waals surface area contributed by atoms with Crippen molar-refractivity contribution in [2.24, 2.45) is 0 Å². The second-order valence-corrected chi connectivity index (χ2v) is 14.4. The van der Waals surface area contributed by atoms with Crippen molar-refractivity contribution in [3.63, 3.8) is 0 Å². The van der Waals surface area contributed by atoms with E-state index >= 15 is 0 Å². The number of nitrogens with one attached hydrogen (secondary N) is 1. The number of halogens is 1. The fourth-order valence-corrected chi connectivity index (χ4v) is 7.80. The molecule has 49 heavy (non-hydrogen) atoms. The molecule has 9 nitrogen and oxygen atoms in total. The minimum atomic E-state index is -4.27. The van der Waals surface area contributed by atoms with Crippen molar-refractivity contribution in [1.82, 2.24) is 10.2 Å². The largest absolute Gasteiger partial charge is 0.493 e. The van der Waals surface area contributed by atoms with Crippen molar-refractivity contribution in [3.05, 3.63) is 119 Å². The molecule has 0 saturated heterocycles. The van der Waals surface area contributed by atoms with Crippen molar-refractivity contribution in [3.8, 4) is 11.5 Å². The summed E-state index contributed by atoms with van der Waals surface area (Å²) in [5.74, 6) is -0.145. The van der Waals surface area contributed by atoms with Crippen LogP contribution in [0.3, 0.4) is 0 Å². The maximum absolute atomic E-state index is 14.8. The minimum Gasteiger partial charge on any atom is -0.493 e. The number of rotatable bonds is 14. The molecule has 1 aliphatic carbocycles. The monoisotopic (exact) mass is 703 g/mol. The van der Waals surface area contributed by atoms with Crippen LogP contribution < -0.4 is 19.1 Å². The highest BCUT2D eigenvalue weighted by Gasteiger charge is 2.35. The molecule has 1 aliphatic rings. The predicted molar refractivity (Wildman–Crippen MR) is 191 cm³/mol. The normalized spacial score (nSPS) is 14.0. The molecule has 4 aromatic rings. The lowest BCUT2D eigenvalue weighted by molar-refractivity contribution is -0.140. The van der Waals surface area contributed by atoms with Gasteiger partial charge in [0.2, 0.25) is 11.8 Å². The number of methoxy groups -OCH3 is 2. The number of sulfonamides is 1. The number of carbonyl (C=O) groups excluding carboxylic acids is 2. The van der Waals surface area contributed by atoms with Gasteiger partial charge in [-0.25, -0.2) is 8.42 Å². The van der Waals surface area contributed by atoms with Crippen molar-refractivity contribution >= 4 is 39.1 Å². The first-order valence-electron chi connectivity index (χ1n) is 16.4. The Kier molecular flexibility index (Phi) is 12.2. The van der Waals surface area contributed by atoms with Crippen LogP contribution in [0.5, 0.6) is 11.5 Å². The van der Waals surface area contributed by atoms with Crippen LogP contribution in [0.2, 0.25) is 5.02 Å². The Balaban J connectivity index is 1.59. The summed E-state index contributed by atoms with van der Waals surface area (Å²) in [5, 5.41) is 3.70. The Morgan fingerprint density at radius 3 is 2.12 bits per heavy atom. The number of carbonyl (C=O) groups is 2. The van der Waals surface area contributed by atoms with Gasteiger partial charge in [-0.3, -0.25) is 13.9 Å². The second kappa shape index (κ2) is 16.7. The first-order valence-corrected chi connectivity index (χ1v) is 18.2. The quantitative estimate of drug-likeness (QED) is 0.158. The Bertz CT molecular complexity index is 1820. The molecule has 5 rings (SSSR count).